The van der Waals surface area contributed by atoms with E-state index in [0.717, 1.165) is 4.31 Å². The van der Waals surface area contributed by atoms with E-state index in [4.69, 9.17) is 9.52 Å². The quantitative estimate of drug-likeness (QED) is 0.932. The van der Waals surface area contributed by atoms with Crippen molar-refractivity contribution in [2.45, 2.75) is 11.4 Å². The van der Waals surface area contributed by atoms with E-state index in [1.54, 1.807) is 18.2 Å². The van der Waals surface area contributed by atoms with Crippen LogP contribution in [0.3, 0.4) is 0 Å². The van der Waals surface area contributed by atoms with Crippen LogP contribution >= 0.6 is 0 Å². The van der Waals surface area contributed by atoms with Crippen LogP contribution in [0.15, 0.2) is 50.7 Å². The highest BCUT2D eigenvalue weighted by Gasteiger charge is 2.29. The smallest absolute Gasteiger partial charge is 0.371 e. The molecule has 0 aliphatic carbocycles. The molecule has 0 atom stereocenters. The Balaban J connectivity index is 1.92. The minimum Gasteiger partial charge on any atom is -0.475 e. The third-order valence-electron chi connectivity index (χ3n) is 2.96. The summed E-state index contributed by atoms with van der Waals surface area (Å²) < 4.78 is 30.9. The van der Waals surface area contributed by atoms with Gasteiger partial charge in [0.05, 0.1) is 12.2 Å². The number of benzene rings is 1. The monoisotopic (exact) mass is 306 g/mol. The molecule has 1 aliphatic heterocycles. The summed E-state index contributed by atoms with van der Waals surface area (Å²) in [5, 5.41) is 8.78. The summed E-state index contributed by atoms with van der Waals surface area (Å²) in [5.74, 6) is -1.22. The Morgan fingerprint density at radius 2 is 2.00 bits per heavy atom. The number of sulfonamides is 1. The number of rotatable bonds is 3. The number of para-hydroxylation sites is 1. The van der Waals surface area contributed by atoms with Crippen LogP contribution in [0.5, 0.6) is 0 Å². The van der Waals surface area contributed by atoms with Crippen LogP contribution in [0.1, 0.15) is 16.3 Å². The van der Waals surface area contributed by atoms with E-state index in [-0.39, 0.29) is 23.0 Å². The maximum absolute atomic E-state index is 12.4. The molecule has 7 nitrogen and oxygen atoms in total. The molecule has 1 aromatic heterocycles. The van der Waals surface area contributed by atoms with E-state index >= 15 is 0 Å². The summed E-state index contributed by atoms with van der Waals surface area (Å²) in [5.41, 5.74) is 0.374. The highest BCUT2D eigenvalue weighted by atomic mass is 32.2. The van der Waals surface area contributed by atoms with Gasteiger partial charge in [0.15, 0.2) is 0 Å². The Morgan fingerprint density at radius 3 is 2.71 bits per heavy atom. The minimum atomic E-state index is -3.72. The molecule has 1 aliphatic rings. The molecule has 0 fully saturated rings. The second kappa shape index (κ2) is 4.74. The predicted molar refractivity (Wildman–Crippen MR) is 73.0 cm³/mol. The van der Waals surface area contributed by atoms with Crippen molar-refractivity contribution in [1.29, 1.82) is 0 Å². The van der Waals surface area contributed by atoms with E-state index in [1.165, 1.54) is 24.5 Å². The Morgan fingerprint density at radius 1 is 1.24 bits per heavy atom. The van der Waals surface area contributed by atoms with Gasteiger partial charge in [-0.3, -0.25) is 0 Å². The largest absolute Gasteiger partial charge is 0.475 e. The zero-order valence-corrected chi connectivity index (χ0v) is 11.4. The summed E-state index contributed by atoms with van der Waals surface area (Å²) in [7, 11) is -3.72. The first kappa shape index (κ1) is 13.4. The minimum absolute atomic E-state index is 0.109. The van der Waals surface area contributed by atoms with Gasteiger partial charge in [-0.2, -0.15) is 0 Å². The molecule has 8 heteroatoms. The first-order valence-corrected chi connectivity index (χ1v) is 7.39. The molecule has 0 radical (unpaired) electrons. The molecule has 2 heterocycles. The summed E-state index contributed by atoms with van der Waals surface area (Å²) in [6.45, 7) is -0.118. The zero-order chi connectivity index (χ0) is 15.0. The highest BCUT2D eigenvalue weighted by molar-refractivity contribution is 7.89. The SMILES string of the molecule is O=C(O)c1ccc(CN2C=Nc3ccccc3S2(=O)=O)o1. The van der Waals surface area contributed by atoms with Crippen LogP contribution < -0.4 is 0 Å². The molecule has 0 amide bonds. The number of fused-ring (bicyclic) bond motifs is 1. The second-order valence-electron chi connectivity index (χ2n) is 4.33. The number of nitrogens with zero attached hydrogens (tertiary/aromatic N) is 2. The second-order valence-corrected chi connectivity index (χ2v) is 6.19. The number of hydrogen-bond acceptors (Lipinski definition) is 5. The molecule has 0 bridgehead atoms. The lowest BCUT2D eigenvalue weighted by atomic mass is 10.3. The number of carboxylic acids is 1. The van der Waals surface area contributed by atoms with Crippen LogP contribution in [-0.2, 0) is 16.6 Å². The fraction of sp³-hybridized carbons (Fsp3) is 0.0769. The maximum atomic E-state index is 12.4. The van der Waals surface area contributed by atoms with E-state index in [1.807, 2.05) is 0 Å². The van der Waals surface area contributed by atoms with Crippen molar-refractivity contribution in [1.82, 2.24) is 4.31 Å². The molecular weight excluding hydrogens is 296 g/mol. The molecule has 1 aromatic carbocycles. The van der Waals surface area contributed by atoms with Crippen molar-refractivity contribution in [3.8, 4) is 0 Å². The molecule has 0 saturated heterocycles. The van der Waals surface area contributed by atoms with Gasteiger partial charge in [0.2, 0.25) is 5.76 Å². The first-order valence-electron chi connectivity index (χ1n) is 5.95. The average Bonchev–Trinajstić information content (AvgIpc) is 2.91. The van der Waals surface area contributed by atoms with Gasteiger partial charge in [0.1, 0.15) is 17.0 Å². The highest BCUT2D eigenvalue weighted by Crippen LogP contribution is 2.30. The van der Waals surface area contributed by atoms with Crippen molar-refractivity contribution in [2.24, 2.45) is 4.99 Å². The van der Waals surface area contributed by atoms with E-state index in [2.05, 4.69) is 4.99 Å². The molecule has 1 N–H and O–H groups in total. The number of hydrogen-bond donors (Lipinski definition) is 1. The Hall–Kier alpha value is -2.61. The van der Waals surface area contributed by atoms with Crippen molar-refractivity contribution < 1.29 is 22.7 Å². The molecule has 3 rings (SSSR count). The van der Waals surface area contributed by atoms with Gasteiger partial charge >= 0.3 is 5.97 Å². The third kappa shape index (κ3) is 2.29. The molecule has 21 heavy (non-hydrogen) atoms. The summed E-state index contributed by atoms with van der Waals surface area (Å²) >= 11 is 0. The lowest BCUT2D eigenvalue weighted by molar-refractivity contribution is 0.0660. The standard InChI is InChI=1S/C13H10N2O5S/c16-13(17)11-6-5-9(20-11)7-15-8-14-10-3-1-2-4-12(10)21(15,18)19/h1-6,8H,7H2,(H,16,17). The van der Waals surface area contributed by atoms with Crippen LogP contribution in [-0.4, -0.2) is 30.1 Å². The number of aromatic carboxylic acids is 1. The average molecular weight is 306 g/mol. The molecule has 108 valence electrons. The Labute approximate surface area is 120 Å². The van der Waals surface area contributed by atoms with Gasteiger partial charge in [-0.1, -0.05) is 12.1 Å². The van der Waals surface area contributed by atoms with Crippen LogP contribution in [0, 0.1) is 0 Å². The molecule has 0 unspecified atom stereocenters. The zero-order valence-electron chi connectivity index (χ0n) is 10.6. The number of carbonyl (C=O) groups is 1. The van der Waals surface area contributed by atoms with E-state index in [0.29, 0.717) is 5.69 Å². The van der Waals surface area contributed by atoms with Crippen molar-refractivity contribution in [3.05, 3.63) is 47.9 Å². The van der Waals surface area contributed by atoms with Crippen molar-refractivity contribution >= 4 is 28.0 Å². The Kier molecular flexibility index (Phi) is 3.02. The maximum Gasteiger partial charge on any atom is 0.371 e. The fourth-order valence-electron chi connectivity index (χ4n) is 1.95. The molecule has 0 saturated carbocycles. The predicted octanol–water partition coefficient (Wildman–Crippen LogP) is 1.84. The van der Waals surface area contributed by atoms with Crippen LogP contribution in [0.2, 0.25) is 0 Å². The molecule has 2 aromatic rings. The molecule has 0 spiro atoms. The summed E-state index contributed by atoms with van der Waals surface area (Å²) in [4.78, 5) is 14.9. The first-order chi connectivity index (χ1) is 9.98. The van der Waals surface area contributed by atoms with Gasteiger partial charge in [-0.25, -0.2) is 22.5 Å². The topological polar surface area (TPSA) is 100 Å². The number of carboxylic acid groups (broad SMARTS) is 1. The van der Waals surface area contributed by atoms with E-state index < -0.39 is 16.0 Å². The van der Waals surface area contributed by atoms with Gasteiger partial charge in [-0.15, -0.1) is 0 Å². The Bertz CT molecular complexity index is 838. The molecular formula is C13H10N2O5S. The van der Waals surface area contributed by atoms with Gasteiger partial charge in [0, 0.05) is 0 Å². The van der Waals surface area contributed by atoms with Gasteiger partial charge in [-0.05, 0) is 24.3 Å². The summed E-state index contributed by atoms with van der Waals surface area (Å²) in [6.07, 6.45) is 1.20. The number of aliphatic imine (C=N–C) groups is 1. The van der Waals surface area contributed by atoms with Crippen LogP contribution in [0.25, 0.3) is 0 Å². The number of furan rings is 1. The van der Waals surface area contributed by atoms with Crippen molar-refractivity contribution in [3.63, 3.8) is 0 Å². The van der Waals surface area contributed by atoms with E-state index in [9.17, 15) is 13.2 Å². The lowest BCUT2D eigenvalue weighted by Crippen LogP contribution is -2.31. The van der Waals surface area contributed by atoms with Crippen LogP contribution in [0.4, 0.5) is 5.69 Å². The third-order valence-corrected chi connectivity index (χ3v) is 4.70. The van der Waals surface area contributed by atoms with Gasteiger partial charge < -0.3 is 9.52 Å². The van der Waals surface area contributed by atoms with Gasteiger partial charge in [0.25, 0.3) is 10.0 Å². The van der Waals surface area contributed by atoms with Crippen molar-refractivity contribution in [2.75, 3.05) is 0 Å². The fourth-order valence-corrected chi connectivity index (χ4v) is 3.31. The normalized spacial score (nSPS) is 15.7. The summed E-state index contributed by atoms with van der Waals surface area (Å²) in [6, 6.07) is 9.10. The lowest BCUT2D eigenvalue weighted by Gasteiger charge is -2.22.